The maximum atomic E-state index is 12.6. The van der Waals surface area contributed by atoms with E-state index in [9.17, 15) is 9.59 Å². The van der Waals surface area contributed by atoms with Crippen molar-refractivity contribution in [2.75, 3.05) is 44.6 Å². The van der Waals surface area contributed by atoms with E-state index in [4.69, 9.17) is 0 Å². The molecule has 0 aliphatic carbocycles. The number of urea groups is 1. The number of piperidine rings is 1. The zero-order valence-corrected chi connectivity index (χ0v) is 16.8. The summed E-state index contributed by atoms with van der Waals surface area (Å²) < 4.78 is 0. The number of benzene rings is 1. The van der Waals surface area contributed by atoms with E-state index in [0.29, 0.717) is 25.7 Å². The second kappa shape index (κ2) is 8.74. The maximum absolute atomic E-state index is 12.6. The van der Waals surface area contributed by atoms with Gasteiger partial charge in [-0.05, 0) is 57.2 Å². The van der Waals surface area contributed by atoms with E-state index in [-0.39, 0.29) is 11.9 Å². The van der Waals surface area contributed by atoms with Gasteiger partial charge in [0.25, 0.3) is 0 Å². The molecule has 3 rings (SSSR count). The summed E-state index contributed by atoms with van der Waals surface area (Å²) in [6.07, 6.45) is 3.44. The molecule has 6 nitrogen and oxygen atoms in total. The molecule has 148 valence electrons. The summed E-state index contributed by atoms with van der Waals surface area (Å²) in [7, 11) is 0. The monoisotopic (exact) mass is 372 g/mol. The standard InChI is InChI=1S/C21H32N4O2/c1-16-7-8-17(2)19(14-16)22-21(27)24-12-10-23(11-13-24)15-20(26)25-9-5-4-6-18(25)3/h7-8,14,18H,4-6,9-13,15H2,1-3H3,(H,22,27). The number of carbonyl (C=O) groups is 2. The van der Waals surface area contributed by atoms with Crippen LogP contribution < -0.4 is 5.32 Å². The molecule has 0 bridgehead atoms. The smallest absolute Gasteiger partial charge is 0.321 e. The Hall–Kier alpha value is -2.08. The number of anilines is 1. The van der Waals surface area contributed by atoms with Crippen molar-refractivity contribution >= 4 is 17.6 Å². The summed E-state index contributed by atoms with van der Waals surface area (Å²) in [5.74, 6) is 0.232. The average Bonchev–Trinajstić information content (AvgIpc) is 2.65. The van der Waals surface area contributed by atoms with Crippen LogP contribution in [0.4, 0.5) is 10.5 Å². The molecule has 0 spiro atoms. The highest BCUT2D eigenvalue weighted by Gasteiger charge is 2.27. The van der Waals surface area contributed by atoms with E-state index in [2.05, 4.69) is 17.1 Å². The van der Waals surface area contributed by atoms with Crippen molar-refractivity contribution in [3.05, 3.63) is 29.3 Å². The minimum Gasteiger partial charge on any atom is -0.339 e. The van der Waals surface area contributed by atoms with Gasteiger partial charge in [-0.25, -0.2) is 4.79 Å². The second-order valence-corrected chi connectivity index (χ2v) is 7.94. The van der Waals surface area contributed by atoms with Crippen LogP contribution in [0.3, 0.4) is 0 Å². The Morgan fingerprint density at radius 1 is 1.07 bits per heavy atom. The summed E-state index contributed by atoms with van der Waals surface area (Å²) in [6.45, 7) is 10.3. The molecule has 0 aromatic heterocycles. The molecule has 1 unspecified atom stereocenters. The third kappa shape index (κ3) is 5.01. The normalized spacial score (nSPS) is 21.2. The van der Waals surface area contributed by atoms with Crippen LogP contribution in [0.25, 0.3) is 0 Å². The highest BCUT2D eigenvalue weighted by molar-refractivity contribution is 5.90. The SMILES string of the molecule is Cc1ccc(C)c(NC(=O)N2CCN(CC(=O)N3CCCCC3C)CC2)c1. The topological polar surface area (TPSA) is 55.9 Å². The van der Waals surface area contributed by atoms with Crippen molar-refractivity contribution in [3.63, 3.8) is 0 Å². The molecule has 2 heterocycles. The molecule has 2 aliphatic heterocycles. The number of likely N-dealkylation sites (tertiary alicyclic amines) is 1. The number of nitrogens with zero attached hydrogens (tertiary/aromatic N) is 3. The predicted molar refractivity (Wildman–Crippen MR) is 108 cm³/mol. The molecule has 2 aliphatic rings. The Labute approximate surface area is 162 Å². The van der Waals surface area contributed by atoms with Crippen molar-refractivity contribution in [1.29, 1.82) is 0 Å². The molecule has 1 aromatic rings. The molecule has 3 amide bonds. The lowest BCUT2D eigenvalue weighted by Gasteiger charge is -2.38. The fourth-order valence-corrected chi connectivity index (χ4v) is 3.92. The molecule has 2 fully saturated rings. The van der Waals surface area contributed by atoms with Crippen LogP contribution in [0.1, 0.15) is 37.3 Å². The van der Waals surface area contributed by atoms with E-state index in [0.717, 1.165) is 49.3 Å². The molecule has 0 radical (unpaired) electrons. The first-order valence-electron chi connectivity index (χ1n) is 10.1. The second-order valence-electron chi connectivity index (χ2n) is 7.94. The first kappa shape index (κ1) is 19.7. The van der Waals surface area contributed by atoms with Crippen LogP contribution in [-0.4, -0.2) is 71.9 Å². The van der Waals surface area contributed by atoms with Crippen molar-refractivity contribution in [2.45, 2.75) is 46.1 Å². The minimum atomic E-state index is -0.0562. The number of aryl methyl sites for hydroxylation is 2. The molecular weight excluding hydrogens is 340 g/mol. The molecule has 1 atom stereocenters. The Morgan fingerprint density at radius 3 is 2.52 bits per heavy atom. The summed E-state index contributed by atoms with van der Waals surface area (Å²) in [5.41, 5.74) is 3.07. The van der Waals surface area contributed by atoms with Gasteiger partial charge in [-0.3, -0.25) is 9.69 Å². The Morgan fingerprint density at radius 2 is 1.81 bits per heavy atom. The fraction of sp³-hybridized carbons (Fsp3) is 0.619. The quantitative estimate of drug-likeness (QED) is 0.888. The Bertz CT molecular complexity index is 683. The molecule has 0 saturated carbocycles. The van der Waals surface area contributed by atoms with Gasteiger partial charge in [0.2, 0.25) is 5.91 Å². The van der Waals surface area contributed by atoms with Crippen LogP contribution in [0.5, 0.6) is 0 Å². The third-order valence-electron chi connectivity index (χ3n) is 5.78. The number of rotatable bonds is 3. The van der Waals surface area contributed by atoms with Crippen LogP contribution in [0, 0.1) is 13.8 Å². The Balaban J connectivity index is 1.47. The van der Waals surface area contributed by atoms with Crippen molar-refractivity contribution < 1.29 is 9.59 Å². The van der Waals surface area contributed by atoms with Gasteiger partial charge in [0.05, 0.1) is 6.54 Å². The van der Waals surface area contributed by atoms with E-state index in [1.807, 2.05) is 41.8 Å². The first-order chi connectivity index (χ1) is 12.9. The van der Waals surface area contributed by atoms with Crippen LogP contribution in [0.15, 0.2) is 18.2 Å². The lowest BCUT2D eigenvalue weighted by molar-refractivity contribution is -0.136. The number of nitrogens with one attached hydrogen (secondary N) is 1. The van der Waals surface area contributed by atoms with Gasteiger partial charge in [-0.15, -0.1) is 0 Å². The summed E-state index contributed by atoms with van der Waals surface area (Å²) in [6, 6.07) is 6.37. The van der Waals surface area contributed by atoms with Crippen LogP contribution in [0.2, 0.25) is 0 Å². The Kier molecular flexibility index (Phi) is 6.37. The number of hydrogen-bond acceptors (Lipinski definition) is 3. The summed E-state index contributed by atoms with van der Waals surface area (Å²) >= 11 is 0. The van der Waals surface area contributed by atoms with Crippen LogP contribution in [-0.2, 0) is 4.79 Å². The molecule has 27 heavy (non-hydrogen) atoms. The van der Waals surface area contributed by atoms with Crippen molar-refractivity contribution in [2.24, 2.45) is 0 Å². The highest BCUT2D eigenvalue weighted by Crippen LogP contribution is 2.18. The van der Waals surface area contributed by atoms with Gasteiger partial charge in [0, 0.05) is 44.5 Å². The van der Waals surface area contributed by atoms with Gasteiger partial charge in [-0.1, -0.05) is 12.1 Å². The average molecular weight is 373 g/mol. The fourth-order valence-electron chi connectivity index (χ4n) is 3.92. The number of piperazine rings is 1. The first-order valence-corrected chi connectivity index (χ1v) is 10.1. The summed E-state index contributed by atoms with van der Waals surface area (Å²) in [4.78, 5) is 31.2. The van der Waals surface area contributed by atoms with E-state index < -0.39 is 0 Å². The summed E-state index contributed by atoms with van der Waals surface area (Å²) in [5, 5.41) is 3.03. The predicted octanol–water partition coefficient (Wildman–Crippen LogP) is 2.85. The van der Waals surface area contributed by atoms with Gasteiger partial charge in [-0.2, -0.15) is 0 Å². The zero-order chi connectivity index (χ0) is 19.4. The largest absolute Gasteiger partial charge is 0.339 e. The molecule has 1 N–H and O–H groups in total. The zero-order valence-electron chi connectivity index (χ0n) is 16.8. The van der Waals surface area contributed by atoms with Gasteiger partial charge >= 0.3 is 6.03 Å². The minimum absolute atomic E-state index is 0.0562. The third-order valence-corrected chi connectivity index (χ3v) is 5.78. The molecule has 2 saturated heterocycles. The number of hydrogen-bond donors (Lipinski definition) is 1. The van der Waals surface area contributed by atoms with Gasteiger partial charge in [0.1, 0.15) is 0 Å². The van der Waals surface area contributed by atoms with Crippen molar-refractivity contribution in [3.8, 4) is 0 Å². The van der Waals surface area contributed by atoms with Gasteiger partial charge < -0.3 is 15.1 Å². The molecule has 1 aromatic carbocycles. The van der Waals surface area contributed by atoms with Crippen molar-refractivity contribution in [1.82, 2.24) is 14.7 Å². The van der Waals surface area contributed by atoms with Crippen LogP contribution >= 0.6 is 0 Å². The van der Waals surface area contributed by atoms with E-state index >= 15 is 0 Å². The lowest BCUT2D eigenvalue weighted by atomic mass is 10.0. The highest BCUT2D eigenvalue weighted by atomic mass is 16.2. The lowest BCUT2D eigenvalue weighted by Crippen LogP contribution is -2.53. The molecular formula is C21H32N4O2. The molecule has 6 heteroatoms. The van der Waals surface area contributed by atoms with Gasteiger partial charge in [0.15, 0.2) is 0 Å². The maximum Gasteiger partial charge on any atom is 0.321 e. The number of carbonyl (C=O) groups excluding carboxylic acids is 2. The van der Waals surface area contributed by atoms with E-state index in [1.165, 1.54) is 6.42 Å². The van der Waals surface area contributed by atoms with E-state index in [1.54, 1.807) is 0 Å². The number of amides is 3.